The average Bonchev–Trinajstić information content (AvgIpc) is 2.23. The van der Waals surface area contributed by atoms with Gasteiger partial charge in [-0.15, -0.1) is 11.8 Å². The van der Waals surface area contributed by atoms with E-state index in [1.807, 2.05) is 18.2 Å². The number of ether oxygens (including phenoxy) is 1. The van der Waals surface area contributed by atoms with Gasteiger partial charge in [0.25, 0.3) is 0 Å². The summed E-state index contributed by atoms with van der Waals surface area (Å²) >= 11 is 7.78. The average molecular weight is 260 g/mol. The Kier molecular flexibility index (Phi) is 4.96. The quantitative estimate of drug-likeness (QED) is 0.645. The van der Waals surface area contributed by atoms with Crippen molar-refractivity contribution in [3.05, 3.63) is 23.2 Å². The molecule has 0 saturated carbocycles. The van der Waals surface area contributed by atoms with Crippen LogP contribution in [-0.4, -0.2) is 18.5 Å². The molecule has 90 valence electrons. The first-order valence-electron chi connectivity index (χ1n) is 5.17. The first kappa shape index (κ1) is 13.7. The van der Waals surface area contributed by atoms with E-state index in [4.69, 9.17) is 22.1 Å². The minimum Gasteiger partial charge on any atom is -0.399 e. The van der Waals surface area contributed by atoms with Gasteiger partial charge in [0.1, 0.15) is 0 Å². The third-order valence-corrected chi connectivity index (χ3v) is 3.97. The monoisotopic (exact) mass is 259 g/mol. The Morgan fingerprint density at radius 2 is 2.12 bits per heavy atom. The number of hydrogen-bond donors (Lipinski definition) is 1. The lowest BCUT2D eigenvalue weighted by atomic mass is 10.1. The molecule has 16 heavy (non-hydrogen) atoms. The van der Waals surface area contributed by atoms with Crippen molar-refractivity contribution in [1.82, 2.24) is 0 Å². The maximum absolute atomic E-state index is 6.07. The van der Waals surface area contributed by atoms with Crippen LogP contribution in [0, 0.1) is 0 Å². The Morgan fingerprint density at radius 1 is 1.44 bits per heavy atom. The molecule has 2 N–H and O–H groups in total. The zero-order valence-corrected chi connectivity index (χ0v) is 11.5. The molecule has 0 bridgehead atoms. The highest BCUT2D eigenvalue weighted by Crippen LogP contribution is 2.30. The lowest BCUT2D eigenvalue weighted by Gasteiger charge is -2.22. The van der Waals surface area contributed by atoms with E-state index in [9.17, 15) is 0 Å². The van der Waals surface area contributed by atoms with Crippen molar-refractivity contribution in [2.75, 3.05) is 18.6 Å². The summed E-state index contributed by atoms with van der Waals surface area (Å²) in [6.45, 7) is 4.16. The van der Waals surface area contributed by atoms with Gasteiger partial charge in [-0.05, 0) is 38.5 Å². The molecule has 0 heterocycles. The molecule has 0 aliphatic heterocycles. The molecule has 1 aromatic rings. The molecule has 0 amide bonds. The van der Waals surface area contributed by atoms with Gasteiger partial charge in [-0.2, -0.15) is 0 Å². The van der Waals surface area contributed by atoms with Gasteiger partial charge in [0.2, 0.25) is 0 Å². The first-order chi connectivity index (χ1) is 7.44. The van der Waals surface area contributed by atoms with E-state index in [2.05, 4.69) is 13.8 Å². The van der Waals surface area contributed by atoms with Gasteiger partial charge in [0, 0.05) is 23.4 Å². The highest BCUT2D eigenvalue weighted by atomic mass is 35.5. The molecule has 0 aromatic heterocycles. The summed E-state index contributed by atoms with van der Waals surface area (Å²) in [5.41, 5.74) is 6.38. The zero-order valence-electron chi connectivity index (χ0n) is 9.92. The van der Waals surface area contributed by atoms with Gasteiger partial charge < -0.3 is 10.5 Å². The lowest BCUT2D eigenvalue weighted by molar-refractivity contribution is 0.0207. The fourth-order valence-electron chi connectivity index (χ4n) is 1.14. The van der Waals surface area contributed by atoms with Gasteiger partial charge in [-0.25, -0.2) is 0 Å². The van der Waals surface area contributed by atoms with Crippen molar-refractivity contribution >= 4 is 29.1 Å². The molecule has 0 spiro atoms. The normalized spacial score (nSPS) is 11.8. The predicted octanol–water partition coefficient (Wildman–Crippen LogP) is 3.83. The molecule has 0 aliphatic carbocycles. The molecular formula is C12H18ClNOS. The topological polar surface area (TPSA) is 35.2 Å². The van der Waals surface area contributed by atoms with Crippen LogP contribution < -0.4 is 5.73 Å². The summed E-state index contributed by atoms with van der Waals surface area (Å²) in [6, 6.07) is 5.55. The molecule has 1 rings (SSSR count). The van der Waals surface area contributed by atoms with Gasteiger partial charge >= 0.3 is 0 Å². The van der Waals surface area contributed by atoms with E-state index >= 15 is 0 Å². The molecule has 4 heteroatoms. The van der Waals surface area contributed by atoms with Gasteiger partial charge in [-0.3, -0.25) is 0 Å². The summed E-state index contributed by atoms with van der Waals surface area (Å²) in [5, 5.41) is 0.759. The van der Waals surface area contributed by atoms with E-state index in [-0.39, 0.29) is 5.60 Å². The maximum atomic E-state index is 6.07. The van der Waals surface area contributed by atoms with Crippen LogP contribution in [-0.2, 0) is 4.74 Å². The Hall–Kier alpha value is -0.380. The predicted molar refractivity (Wildman–Crippen MR) is 72.3 cm³/mol. The number of nitrogen functional groups attached to an aromatic ring is 1. The summed E-state index contributed by atoms with van der Waals surface area (Å²) in [4.78, 5) is 1.04. The van der Waals surface area contributed by atoms with Crippen molar-refractivity contribution in [2.24, 2.45) is 0 Å². The molecule has 0 fully saturated rings. The van der Waals surface area contributed by atoms with Crippen molar-refractivity contribution in [3.63, 3.8) is 0 Å². The number of methoxy groups -OCH3 is 1. The van der Waals surface area contributed by atoms with E-state index < -0.39 is 0 Å². The van der Waals surface area contributed by atoms with E-state index in [0.29, 0.717) is 0 Å². The van der Waals surface area contributed by atoms with Crippen LogP contribution in [0.15, 0.2) is 23.1 Å². The van der Waals surface area contributed by atoms with Crippen LogP contribution >= 0.6 is 23.4 Å². The number of benzene rings is 1. The Labute approximate surface area is 107 Å². The summed E-state index contributed by atoms with van der Waals surface area (Å²) in [5.74, 6) is 0.962. The molecule has 2 nitrogen and oxygen atoms in total. The lowest BCUT2D eigenvalue weighted by Crippen LogP contribution is -2.22. The largest absolute Gasteiger partial charge is 0.399 e. The van der Waals surface area contributed by atoms with Crippen LogP contribution in [0.2, 0.25) is 5.02 Å². The van der Waals surface area contributed by atoms with Crippen LogP contribution in [0.3, 0.4) is 0 Å². The van der Waals surface area contributed by atoms with E-state index in [1.54, 1.807) is 18.9 Å². The SMILES string of the molecule is COC(C)(C)CCSc1cc(N)ccc1Cl. The summed E-state index contributed by atoms with van der Waals surface area (Å²) in [6.07, 6.45) is 0.972. The molecule has 0 aliphatic rings. The number of rotatable bonds is 5. The highest BCUT2D eigenvalue weighted by molar-refractivity contribution is 7.99. The molecule has 1 aromatic carbocycles. The fraction of sp³-hybridized carbons (Fsp3) is 0.500. The standard InChI is InChI=1S/C12H18ClNOS/c1-12(2,15-3)6-7-16-11-8-9(14)4-5-10(11)13/h4-5,8H,6-7,14H2,1-3H3. The van der Waals surface area contributed by atoms with Crippen LogP contribution in [0.5, 0.6) is 0 Å². The third-order valence-electron chi connectivity index (χ3n) is 2.47. The van der Waals surface area contributed by atoms with Crippen molar-refractivity contribution in [3.8, 4) is 0 Å². The molecule has 0 unspecified atom stereocenters. The number of nitrogens with two attached hydrogens (primary N) is 1. The van der Waals surface area contributed by atoms with E-state index in [0.717, 1.165) is 27.8 Å². The minimum atomic E-state index is -0.0835. The van der Waals surface area contributed by atoms with Crippen LogP contribution in [0.4, 0.5) is 5.69 Å². The Morgan fingerprint density at radius 3 is 2.75 bits per heavy atom. The summed E-state index contributed by atoms with van der Waals surface area (Å²) in [7, 11) is 1.73. The second-order valence-corrected chi connectivity index (χ2v) is 5.80. The molecular weight excluding hydrogens is 242 g/mol. The maximum Gasteiger partial charge on any atom is 0.0630 e. The smallest absolute Gasteiger partial charge is 0.0630 e. The molecule has 0 radical (unpaired) electrons. The van der Waals surface area contributed by atoms with Gasteiger partial charge in [0.15, 0.2) is 0 Å². The van der Waals surface area contributed by atoms with Crippen molar-refractivity contribution < 1.29 is 4.74 Å². The van der Waals surface area contributed by atoms with Crippen molar-refractivity contribution in [1.29, 1.82) is 0 Å². The third kappa shape index (κ3) is 4.24. The van der Waals surface area contributed by atoms with Gasteiger partial charge in [0.05, 0.1) is 10.6 Å². The number of thioether (sulfide) groups is 1. The number of hydrogen-bond acceptors (Lipinski definition) is 3. The zero-order chi connectivity index (χ0) is 12.2. The van der Waals surface area contributed by atoms with Crippen LogP contribution in [0.1, 0.15) is 20.3 Å². The Balaban J connectivity index is 2.52. The number of anilines is 1. The first-order valence-corrected chi connectivity index (χ1v) is 6.54. The molecule has 0 atom stereocenters. The second-order valence-electron chi connectivity index (χ2n) is 4.25. The van der Waals surface area contributed by atoms with Crippen LogP contribution in [0.25, 0.3) is 0 Å². The highest BCUT2D eigenvalue weighted by Gasteiger charge is 2.15. The van der Waals surface area contributed by atoms with Gasteiger partial charge in [-0.1, -0.05) is 11.6 Å². The van der Waals surface area contributed by atoms with E-state index in [1.165, 1.54) is 0 Å². The van der Waals surface area contributed by atoms with Crippen molar-refractivity contribution in [2.45, 2.75) is 30.8 Å². The minimum absolute atomic E-state index is 0.0835. The molecule has 0 saturated heterocycles. The summed E-state index contributed by atoms with van der Waals surface area (Å²) < 4.78 is 5.36. The Bertz CT molecular complexity index is 355. The second kappa shape index (κ2) is 5.80. The number of halogens is 1. The fourth-order valence-corrected chi connectivity index (χ4v) is 2.66.